The molecule has 0 spiro atoms. The van der Waals surface area contributed by atoms with Gasteiger partial charge in [0.15, 0.2) is 0 Å². The summed E-state index contributed by atoms with van der Waals surface area (Å²) in [4.78, 5) is 17.5. The first-order valence-corrected chi connectivity index (χ1v) is 4.32. The number of Topliss-reactive ketones (excluding diaryl/α,β-unsaturated/α-hetero) is 1. The van der Waals surface area contributed by atoms with Crippen LogP contribution in [0.2, 0.25) is 0 Å². The van der Waals surface area contributed by atoms with Crippen LogP contribution >= 0.6 is 0 Å². The highest BCUT2D eigenvalue weighted by atomic mass is 16.1. The van der Waals surface area contributed by atoms with Gasteiger partial charge in [0.25, 0.3) is 0 Å². The topological polar surface area (TPSA) is 45.8 Å². The lowest BCUT2D eigenvalue weighted by molar-refractivity contribution is -0.118. The van der Waals surface area contributed by atoms with Crippen molar-refractivity contribution >= 4 is 5.78 Å². The lowest BCUT2D eigenvalue weighted by Crippen LogP contribution is -1.99. The number of hydrogen-bond acceptors (Lipinski definition) is 2. The fourth-order valence-electron chi connectivity index (χ4n) is 0.719. The van der Waals surface area contributed by atoms with Crippen LogP contribution in [0.3, 0.4) is 0 Å². The summed E-state index contributed by atoms with van der Waals surface area (Å²) in [6.45, 7) is 5.86. The van der Waals surface area contributed by atoms with E-state index in [1.165, 1.54) is 0 Å². The second kappa shape index (κ2) is 6.58. The first-order chi connectivity index (χ1) is 5.83. The Hall–Kier alpha value is -1.12. The van der Waals surface area contributed by atoms with E-state index in [-0.39, 0.29) is 5.78 Å². The van der Waals surface area contributed by atoms with E-state index in [9.17, 15) is 4.79 Å². The van der Waals surface area contributed by atoms with Crippen LogP contribution in [-0.4, -0.2) is 15.8 Å². The average Bonchev–Trinajstić information content (AvgIpc) is 2.60. The van der Waals surface area contributed by atoms with Crippen LogP contribution < -0.4 is 0 Å². The summed E-state index contributed by atoms with van der Waals surface area (Å²) >= 11 is 0. The Morgan fingerprint density at radius 2 is 2.25 bits per heavy atom. The summed E-state index contributed by atoms with van der Waals surface area (Å²) in [6.07, 6.45) is 4.33. The molecule has 1 aromatic heterocycles. The van der Waals surface area contributed by atoms with Gasteiger partial charge in [0, 0.05) is 24.7 Å². The van der Waals surface area contributed by atoms with Crippen molar-refractivity contribution in [2.24, 2.45) is 0 Å². The molecule has 0 saturated heterocycles. The zero-order valence-corrected chi connectivity index (χ0v) is 7.92. The van der Waals surface area contributed by atoms with Gasteiger partial charge in [-0.05, 0) is 0 Å². The van der Waals surface area contributed by atoms with Gasteiger partial charge in [0.1, 0.15) is 5.78 Å². The van der Waals surface area contributed by atoms with Crippen LogP contribution in [0.15, 0.2) is 12.5 Å². The quantitative estimate of drug-likeness (QED) is 0.749. The van der Waals surface area contributed by atoms with Crippen molar-refractivity contribution in [3.63, 3.8) is 0 Å². The molecule has 1 rings (SSSR count). The van der Waals surface area contributed by atoms with Gasteiger partial charge in [-0.25, -0.2) is 4.98 Å². The summed E-state index contributed by atoms with van der Waals surface area (Å²) in [5.41, 5.74) is 0.895. The number of carbonyl (C=O) groups excluding carboxylic acids is 1. The SMILES string of the molecule is CC.CCC(=O)Cc1cnc[nH]1. The van der Waals surface area contributed by atoms with Crippen molar-refractivity contribution in [3.05, 3.63) is 18.2 Å². The van der Waals surface area contributed by atoms with E-state index in [2.05, 4.69) is 9.97 Å². The predicted molar refractivity (Wildman–Crippen MR) is 48.9 cm³/mol. The van der Waals surface area contributed by atoms with Crippen molar-refractivity contribution in [1.29, 1.82) is 0 Å². The molecule has 0 aliphatic carbocycles. The lowest BCUT2D eigenvalue weighted by Gasteiger charge is -1.90. The van der Waals surface area contributed by atoms with Crippen LogP contribution in [0.25, 0.3) is 0 Å². The number of aromatic amines is 1. The Bertz CT molecular complexity index is 204. The van der Waals surface area contributed by atoms with Crippen LogP contribution in [0.4, 0.5) is 0 Å². The highest BCUT2D eigenvalue weighted by Gasteiger charge is 1.99. The predicted octanol–water partition coefficient (Wildman–Crippen LogP) is 1.96. The lowest BCUT2D eigenvalue weighted by atomic mass is 10.2. The first kappa shape index (κ1) is 10.9. The van der Waals surface area contributed by atoms with Gasteiger partial charge in [-0.3, -0.25) is 4.79 Å². The number of imidazole rings is 1. The highest BCUT2D eigenvalue weighted by molar-refractivity contribution is 5.79. The van der Waals surface area contributed by atoms with Crippen LogP contribution in [0, 0.1) is 0 Å². The molecule has 3 nitrogen and oxygen atoms in total. The van der Waals surface area contributed by atoms with Gasteiger partial charge in [-0.15, -0.1) is 0 Å². The monoisotopic (exact) mass is 168 g/mol. The van der Waals surface area contributed by atoms with Crippen LogP contribution in [-0.2, 0) is 11.2 Å². The molecule has 0 bridgehead atoms. The number of H-pyrrole nitrogens is 1. The molecule has 0 aliphatic heterocycles. The van der Waals surface area contributed by atoms with E-state index >= 15 is 0 Å². The summed E-state index contributed by atoms with van der Waals surface area (Å²) in [5, 5.41) is 0. The van der Waals surface area contributed by atoms with Gasteiger partial charge in [-0.2, -0.15) is 0 Å². The molecule has 1 N–H and O–H groups in total. The molecule has 12 heavy (non-hydrogen) atoms. The molecule has 1 aromatic rings. The second-order valence-corrected chi connectivity index (χ2v) is 2.15. The molecule has 0 atom stereocenters. The maximum atomic E-state index is 10.8. The molecule has 0 aliphatic rings. The molecular weight excluding hydrogens is 152 g/mol. The molecule has 1 heterocycles. The van der Waals surface area contributed by atoms with Gasteiger partial charge >= 0.3 is 0 Å². The minimum atomic E-state index is 0.240. The highest BCUT2D eigenvalue weighted by Crippen LogP contribution is 1.95. The average molecular weight is 168 g/mol. The van der Waals surface area contributed by atoms with E-state index in [1.54, 1.807) is 12.5 Å². The minimum absolute atomic E-state index is 0.240. The standard InChI is InChI=1S/C7H10N2O.C2H6/c1-2-7(10)3-6-4-8-5-9-6;1-2/h4-5H,2-3H2,1H3,(H,8,9);1-2H3. The Kier molecular flexibility index (Phi) is 5.97. The smallest absolute Gasteiger partial charge is 0.138 e. The Morgan fingerprint density at radius 3 is 2.67 bits per heavy atom. The van der Waals surface area contributed by atoms with Crippen molar-refractivity contribution in [2.45, 2.75) is 33.6 Å². The van der Waals surface area contributed by atoms with Crippen molar-refractivity contribution in [1.82, 2.24) is 9.97 Å². The van der Waals surface area contributed by atoms with Crippen molar-refractivity contribution in [3.8, 4) is 0 Å². The zero-order chi connectivity index (χ0) is 9.40. The van der Waals surface area contributed by atoms with E-state index in [4.69, 9.17) is 0 Å². The first-order valence-electron chi connectivity index (χ1n) is 4.32. The minimum Gasteiger partial charge on any atom is -0.348 e. The molecule has 0 radical (unpaired) electrons. The third kappa shape index (κ3) is 3.91. The van der Waals surface area contributed by atoms with Gasteiger partial charge in [0.2, 0.25) is 0 Å². The molecule has 68 valence electrons. The summed E-state index contributed by atoms with van der Waals surface area (Å²) in [6, 6.07) is 0. The molecule has 0 amide bonds. The third-order valence-electron chi connectivity index (χ3n) is 1.34. The largest absolute Gasteiger partial charge is 0.348 e. The Balaban J connectivity index is 0.000000561. The van der Waals surface area contributed by atoms with Gasteiger partial charge in [0.05, 0.1) is 6.33 Å². The van der Waals surface area contributed by atoms with E-state index in [0.29, 0.717) is 12.8 Å². The number of rotatable bonds is 3. The number of hydrogen-bond donors (Lipinski definition) is 1. The van der Waals surface area contributed by atoms with E-state index in [1.807, 2.05) is 20.8 Å². The third-order valence-corrected chi connectivity index (χ3v) is 1.34. The number of carbonyl (C=O) groups is 1. The fourth-order valence-corrected chi connectivity index (χ4v) is 0.719. The second-order valence-electron chi connectivity index (χ2n) is 2.15. The summed E-state index contributed by atoms with van der Waals surface area (Å²) in [5.74, 6) is 0.240. The van der Waals surface area contributed by atoms with E-state index in [0.717, 1.165) is 5.69 Å². The normalized spacial score (nSPS) is 8.58. The Morgan fingerprint density at radius 1 is 1.58 bits per heavy atom. The number of nitrogens with one attached hydrogen (secondary N) is 1. The Labute approximate surface area is 73.2 Å². The number of nitrogens with zero attached hydrogens (tertiary/aromatic N) is 1. The molecule has 0 saturated carbocycles. The van der Waals surface area contributed by atoms with Crippen LogP contribution in [0.5, 0.6) is 0 Å². The van der Waals surface area contributed by atoms with Crippen LogP contribution in [0.1, 0.15) is 32.9 Å². The molecule has 0 fully saturated rings. The maximum Gasteiger partial charge on any atom is 0.138 e. The van der Waals surface area contributed by atoms with Crippen molar-refractivity contribution in [2.75, 3.05) is 0 Å². The zero-order valence-electron chi connectivity index (χ0n) is 7.92. The van der Waals surface area contributed by atoms with Gasteiger partial charge < -0.3 is 4.98 Å². The van der Waals surface area contributed by atoms with Gasteiger partial charge in [-0.1, -0.05) is 20.8 Å². The molecule has 0 aromatic carbocycles. The molecular formula is C9H16N2O. The van der Waals surface area contributed by atoms with Crippen molar-refractivity contribution < 1.29 is 4.79 Å². The number of ketones is 1. The summed E-state index contributed by atoms with van der Waals surface area (Å²) in [7, 11) is 0. The maximum absolute atomic E-state index is 10.8. The molecule has 0 unspecified atom stereocenters. The summed E-state index contributed by atoms with van der Waals surface area (Å²) < 4.78 is 0. The molecule has 3 heteroatoms. The van der Waals surface area contributed by atoms with E-state index < -0.39 is 0 Å². The number of aromatic nitrogens is 2. The fraction of sp³-hybridized carbons (Fsp3) is 0.556.